The predicted molar refractivity (Wildman–Crippen MR) is 62.3 cm³/mol. The molecule has 0 atom stereocenters. The van der Waals surface area contributed by atoms with Gasteiger partial charge in [0.05, 0.1) is 5.02 Å². The number of benzene rings is 1. The summed E-state index contributed by atoms with van der Waals surface area (Å²) in [5, 5.41) is 0.0502. The van der Waals surface area contributed by atoms with E-state index in [1.165, 1.54) is 12.1 Å². The molecule has 0 aliphatic heterocycles. The Kier molecular flexibility index (Phi) is 3.39. The van der Waals surface area contributed by atoms with Crippen LogP contribution in [0, 0.1) is 5.82 Å². The third-order valence-electron chi connectivity index (χ3n) is 2.76. The molecule has 2 rings (SSSR count). The van der Waals surface area contributed by atoms with E-state index in [1.54, 1.807) is 6.07 Å². The first-order valence-corrected chi connectivity index (χ1v) is 5.75. The number of rotatable bonds is 2. The fourth-order valence-corrected chi connectivity index (χ4v) is 1.98. The zero-order chi connectivity index (χ0) is 11.5. The van der Waals surface area contributed by atoms with Gasteiger partial charge in [-0.05, 0) is 49.5 Å². The van der Waals surface area contributed by atoms with E-state index in [0.717, 1.165) is 31.3 Å². The molecule has 0 saturated heterocycles. The van der Waals surface area contributed by atoms with Gasteiger partial charge in [0.1, 0.15) is 5.82 Å². The summed E-state index contributed by atoms with van der Waals surface area (Å²) in [6, 6.07) is 4.21. The molecule has 16 heavy (non-hydrogen) atoms. The number of allylic oxidation sites excluding steroid dienone is 2. The lowest BCUT2D eigenvalue weighted by atomic mass is 9.93. The molecule has 0 unspecified atom stereocenters. The normalized spacial score (nSPS) is 15.8. The second kappa shape index (κ2) is 4.79. The highest BCUT2D eigenvalue weighted by atomic mass is 35.5. The van der Waals surface area contributed by atoms with Crippen LogP contribution in [0.1, 0.15) is 36.0 Å². The highest BCUT2D eigenvalue weighted by Gasteiger charge is 2.15. The summed E-state index contributed by atoms with van der Waals surface area (Å²) < 4.78 is 13.2. The topological polar surface area (TPSA) is 17.1 Å². The molecule has 3 heteroatoms. The van der Waals surface area contributed by atoms with E-state index in [9.17, 15) is 9.18 Å². The Hall–Kier alpha value is -1.15. The average Bonchev–Trinajstić information content (AvgIpc) is 2.33. The Bertz CT molecular complexity index is 451. The van der Waals surface area contributed by atoms with Crippen LogP contribution in [0.3, 0.4) is 0 Å². The molecule has 0 saturated carbocycles. The van der Waals surface area contributed by atoms with Gasteiger partial charge < -0.3 is 0 Å². The van der Waals surface area contributed by atoms with Crippen LogP contribution in [0.5, 0.6) is 0 Å². The van der Waals surface area contributed by atoms with Crippen LogP contribution in [-0.2, 0) is 0 Å². The zero-order valence-electron chi connectivity index (χ0n) is 8.80. The second-order valence-electron chi connectivity index (χ2n) is 3.93. The van der Waals surface area contributed by atoms with Gasteiger partial charge in [-0.2, -0.15) is 0 Å². The Labute approximate surface area is 98.9 Å². The van der Waals surface area contributed by atoms with E-state index >= 15 is 0 Å². The van der Waals surface area contributed by atoms with E-state index < -0.39 is 5.82 Å². The lowest BCUT2D eigenvalue weighted by Gasteiger charge is -2.11. The van der Waals surface area contributed by atoms with Crippen molar-refractivity contribution in [3.05, 3.63) is 46.3 Å². The van der Waals surface area contributed by atoms with Crippen molar-refractivity contribution in [3.63, 3.8) is 0 Å². The number of carbonyl (C=O) groups excluding carboxylic acids is 1. The van der Waals surface area contributed by atoms with Gasteiger partial charge in [0.15, 0.2) is 5.78 Å². The molecule has 1 aliphatic rings. The summed E-state index contributed by atoms with van der Waals surface area (Å²) in [4.78, 5) is 12.0. The molecule has 0 bridgehead atoms. The van der Waals surface area contributed by atoms with E-state index in [2.05, 4.69) is 0 Å². The van der Waals surface area contributed by atoms with Gasteiger partial charge in [0, 0.05) is 5.56 Å². The number of hydrogen-bond acceptors (Lipinski definition) is 1. The van der Waals surface area contributed by atoms with Gasteiger partial charge in [-0.25, -0.2) is 4.39 Å². The van der Waals surface area contributed by atoms with Crippen molar-refractivity contribution in [3.8, 4) is 0 Å². The lowest BCUT2D eigenvalue weighted by molar-refractivity contribution is 0.102. The molecule has 0 fully saturated rings. The Morgan fingerprint density at radius 3 is 2.75 bits per heavy atom. The van der Waals surface area contributed by atoms with Crippen LogP contribution >= 0.6 is 11.6 Å². The molecular weight excluding hydrogens is 227 g/mol. The fraction of sp³-hybridized carbons (Fsp3) is 0.308. The van der Waals surface area contributed by atoms with Crippen molar-refractivity contribution in [2.45, 2.75) is 25.7 Å². The lowest BCUT2D eigenvalue weighted by Crippen LogP contribution is -2.06. The smallest absolute Gasteiger partial charge is 0.188 e. The van der Waals surface area contributed by atoms with Crippen molar-refractivity contribution < 1.29 is 9.18 Å². The van der Waals surface area contributed by atoms with Crippen LogP contribution in [-0.4, -0.2) is 5.78 Å². The van der Waals surface area contributed by atoms with Gasteiger partial charge in [0.25, 0.3) is 0 Å². The van der Waals surface area contributed by atoms with Gasteiger partial charge in [0.2, 0.25) is 0 Å². The van der Waals surface area contributed by atoms with E-state index in [4.69, 9.17) is 11.6 Å². The second-order valence-corrected chi connectivity index (χ2v) is 4.34. The van der Waals surface area contributed by atoms with E-state index in [-0.39, 0.29) is 10.8 Å². The first-order chi connectivity index (χ1) is 7.68. The Morgan fingerprint density at radius 1 is 1.31 bits per heavy atom. The predicted octanol–water partition coefficient (Wildman–Crippen LogP) is 4.16. The van der Waals surface area contributed by atoms with Crippen LogP contribution in [0.15, 0.2) is 29.8 Å². The zero-order valence-corrected chi connectivity index (χ0v) is 9.56. The molecule has 0 spiro atoms. The van der Waals surface area contributed by atoms with Crippen LogP contribution < -0.4 is 0 Å². The quantitative estimate of drug-likeness (QED) is 0.707. The van der Waals surface area contributed by atoms with Gasteiger partial charge in [-0.15, -0.1) is 0 Å². The van der Waals surface area contributed by atoms with Gasteiger partial charge >= 0.3 is 0 Å². The molecule has 84 valence electrons. The molecule has 1 aliphatic carbocycles. The first kappa shape index (κ1) is 11.3. The number of carbonyl (C=O) groups is 1. The molecule has 0 aromatic heterocycles. The van der Waals surface area contributed by atoms with Gasteiger partial charge in [-0.3, -0.25) is 4.79 Å². The molecule has 1 nitrogen and oxygen atoms in total. The summed E-state index contributed by atoms with van der Waals surface area (Å²) in [7, 11) is 0. The highest BCUT2D eigenvalue weighted by molar-refractivity contribution is 6.30. The van der Waals surface area contributed by atoms with Crippen molar-refractivity contribution >= 4 is 17.4 Å². The largest absolute Gasteiger partial charge is 0.289 e. The highest BCUT2D eigenvalue weighted by Crippen LogP contribution is 2.23. The Balaban J connectivity index is 2.26. The minimum Gasteiger partial charge on any atom is -0.289 e. The number of halogens is 2. The molecule has 0 N–H and O–H groups in total. The minimum atomic E-state index is -0.538. The number of ketones is 1. The monoisotopic (exact) mass is 238 g/mol. The van der Waals surface area contributed by atoms with Crippen molar-refractivity contribution in [2.24, 2.45) is 0 Å². The summed E-state index contributed by atoms with van der Waals surface area (Å²) in [6.07, 6.45) is 5.86. The SMILES string of the molecule is O=C(C1=CCCCC1)c1ccc(Cl)c(F)c1. The maximum Gasteiger partial charge on any atom is 0.188 e. The maximum atomic E-state index is 13.2. The Morgan fingerprint density at radius 2 is 2.12 bits per heavy atom. The van der Waals surface area contributed by atoms with E-state index in [1.807, 2.05) is 6.08 Å². The minimum absolute atomic E-state index is 0.0502. The third kappa shape index (κ3) is 2.33. The molecule has 0 radical (unpaired) electrons. The summed E-state index contributed by atoms with van der Waals surface area (Å²) in [6.45, 7) is 0. The van der Waals surface area contributed by atoms with Crippen LogP contribution in [0.25, 0.3) is 0 Å². The molecule has 1 aromatic rings. The molecule has 0 heterocycles. The van der Waals surface area contributed by atoms with Gasteiger partial charge in [-0.1, -0.05) is 17.7 Å². The van der Waals surface area contributed by atoms with Crippen molar-refractivity contribution in [1.82, 2.24) is 0 Å². The van der Waals surface area contributed by atoms with Crippen molar-refractivity contribution in [2.75, 3.05) is 0 Å². The average molecular weight is 239 g/mol. The molecule has 0 amide bonds. The third-order valence-corrected chi connectivity index (χ3v) is 3.07. The first-order valence-electron chi connectivity index (χ1n) is 5.37. The van der Waals surface area contributed by atoms with Crippen LogP contribution in [0.4, 0.5) is 4.39 Å². The summed E-state index contributed by atoms with van der Waals surface area (Å²) in [5.74, 6) is -0.612. The summed E-state index contributed by atoms with van der Waals surface area (Å²) >= 11 is 5.57. The summed E-state index contributed by atoms with van der Waals surface area (Å²) in [5.41, 5.74) is 1.18. The standard InChI is InChI=1S/C13H12ClFO/c14-11-7-6-10(8-12(11)15)13(16)9-4-2-1-3-5-9/h4,6-8H,1-3,5H2. The van der Waals surface area contributed by atoms with Crippen LogP contribution in [0.2, 0.25) is 5.02 Å². The maximum absolute atomic E-state index is 13.2. The number of hydrogen-bond donors (Lipinski definition) is 0. The fourth-order valence-electron chi connectivity index (χ4n) is 1.87. The molecule has 1 aromatic carbocycles. The van der Waals surface area contributed by atoms with E-state index in [0.29, 0.717) is 5.56 Å². The molecular formula is C13H12ClFO. The van der Waals surface area contributed by atoms with Crippen molar-refractivity contribution in [1.29, 1.82) is 0 Å². The number of Topliss-reactive ketones (excluding diaryl/α,β-unsaturated/α-hetero) is 1.